The molecule has 0 aliphatic rings. The summed E-state index contributed by atoms with van der Waals surface area (Å²) >= 11 is 1.26. The lowest BCUT2D eigenvalue weighted by atomic mass is 9.96. The van der Waals surface area contributed by atoms with Crippen molar-refractivity contribution in [2.75, 3.05) is 13.7 Å². The average molecular weight is 724 g/mol. The highest BCUT2D eigenvalue weighted by Gasteiger charge is 2.34. The molecule has 51 heavy (non-hydrogen) atoms. The van der Waals surface area contributed by atoms with Crippen LogP contribution in [-0.2, 0) is 43.2 Å². The number of carbonyl (C=O) groups excluding carboxylic acids is 3. The molecule has 2 N–H and O–H groups in total. The summed E-state index contributed by atoms with van der Waals surface area (Å²) in [7, 11) is 1.66. The Morgan fingerprint density at radius 3 is 2.10 bits per heavy atom. The van der Waals surface area contributed by atoms with Crippen molar-refractivity contribution in [1.29, 1.82) is 0 Å². The fraction of sp³-hybridized carbons (Fsp3) is 0.513. The van der Waals surface area contributed by atoms with Crippen molar-refractivity contribution in [3.63, 3.8) is 0 Å². The number of ether oxygens (including phenoxy) is 3. The van der Waals surface area contributed by atoms with Crippen LogP contribution in [0.15, 0.2) is 60.7 Å². The number of carboxylic acids is 1. The number of aliphatic carboxylic acids is 1. The molecule has 2 amide bonds. The smallest absolute Gasteiger partial charge is 0.410 e. The van der Waals surface area contributed by atoms with Gasteiger partial charge < -0.3 is 29.5 Å². The van der Waals surface area contributed by atoms with Gasteiger partial charge >= 0.3 is 18.0 Å². The minimum absolute atomic E-state index is 0.0378. The molecule has 0 saturated heterocycles. The fourth-order valence-corrected chi connectivity index (χ4v) is 6.71. The first-order valence-electron chi connectivity index (χ1n) is 17.4. The van der Waals surface area contributed by atoms with Crippen molar-refractivity contribution < 1.29 is 38.5 Å². The molecule has 1 aromatic heterocycles. The van der Waals surface area contributed by atoms with Crippen LogP contribution in [0.1, 0.15) is 98.9 Å². The molecule has 3 aromatic rings. The maximum absolute atomic E-state index is 14.1. The van der Waals surface area contributed by atoms with Gasteiger partial charge in [0.05, 0.1) is 19.1 Å². The Balaban J connectivity index is 1.96. The molecule has 0 radical (unpaired) electrons. The molecule has 1 heterocycles. The summed E-state index contributed by atoms with van der Waals surface area (Å²) in [5.41, 5.74) is 1.44. The lowest BCUT2D eigenvalue weighted by Crippen LogP contribution is -2.44. The lowest BCUT2D eigenvalue weighted by molar-refractivity contribution is -0.148. The van der Waals surface area contributed by atoms with Crippen LogP contribution in [0.2, 0.25) is 0 Å². The van der Waals surface area contributed by atoms with E-state index in [2.05, 4.69) is 5.32 Å². The summed E-state index contributed by atoms with van der Waals surface area (Å²) in [6.07, 6.45) is -0.134. The molecule has 0 aliphatic carbocycles. The summed E-state index contributed by atoms with van der Waals surface area (Å²) < 4.78 is 17.4. The van der Waals surface area contributed by atoms with Crippen LogP contribution in [0.5, 0.6) is 0 Å². The van der Waals surface area contributed by atoms with Gasteiger partial charge in [-0.15, -0.1) is 11.3 Å². The molecular formula is C39H53N3O8S. The van der Waals surface area contributed by atoms with Gasteiger partial charge in [-0.05, 0) is 50.7 Å². The third-order valence-electron chi connectivity index (χ3n) is 8.22. The predicted octanol–water partition coefficient (Wildman–Crippen LogP) is 7.24. The molecule has 3 rings (SSSR count). The second-order valence-corrected chi connectivity index (χ2v) is 15.3. The molecule has 2 aromatic carbocycles. The van der Waals surface area contributed by atoms with Gasteiger partial charge in [0.15, 0.2) is 6.10 Å². The quantitative estimate of drug-likeness (QED) is 0.103. The minimum atomic E-state index is -0.949. The van der Waals surface area contributed by atoms with Crippen molar-refractivity contribution in [2.24, 2.45) is 11.8 Å². The van der Waals surface area contributed by atoms with Crippen molar-refractivity contribution in [3.8, 4) is 0 Å². The van der Waals surface area contributed by atoms with Crippen molar-refractivity contribution >= 4 is 35.3 Å². The van der Waals surface area contributed by atoms with E-state index in [1.807, 2.05) is 74.5 Å². The SMILES string of the molecule is CC(=O)O[C@H](C[C@H](C(C)C)N(C)C(=O)OC(C)(C)C)c1nc(C(=O)N[C@H](Cc2ccccc2)C[C@H](C)C(=O)O)c(CCOCc2ccccc2)s1. The number of aromatic nitrogens is 1. The zero-order chi connectivity index (χ0) is 37.7. The second-order valence-electron chi connectivity index (χ2n) is 14.2. The van der Waals surface area contributed by atoms with Crippen LogP contribution in [0.25, 0.3) is 0 Å². The Morgan fingerprint density at radius 1 is 0.941 bits per heavy atom. The molecule has 11 nitrogen and oxygen atoms in total. The van der Waals surface area contributed by atoms with Crippen molar-refractivity contribution in [2.45, 2.75) is 105 Å². The number of thiazole rings is 1. The van der Waals surface area contributed by atoms with Gasteiger partial charge in [0.25, 0.3) is 5.91 Å². The Hall–Kier alpha value is -4.29. The first-order valence-corrected chi connectivity index (χ1v) is 18.2. The lowest BCUT2D eigenvalue weighted by Gasteiger charge is -2.34. The number of nitrogens with zero attached hydrogens (tertiary/aromatic N) is 2. The first kappa shape index (κ1) is 41.1. The third-order valence-corrected chi connectivity index (χ3v) is 9.43. The monoisotopic (exact) mass is 723 g/mol. The Morgan fingerprint density at radius 2 is 1.55 bits per heavy atom. The van der Waals surface area contributed by atoms with Gasteiger partial charge in [-0.3, -0.25) is 14.4 Å². The Labute approximate surface area is 305 Å². The van der Waals surface area contributed by atoms with Gasteiger partial charge in [0.1, 0.15) is 16.3 Å². The van der Waals surface area contributed by atoms with E-state index in [1.54, 1.807) is 34.7 Å². The Kier molecular flexibility index (Phi) is 15.6. The van der Waals surface area contributed by atoms with Crippen LogP contribution >= 0.6 is 11.3 Å². The van der Waals surface area contributed by atoms with Crippen molar-refractivity contribution in [3.05, 3.63) is 87.4 Å². The molecule has 0 fully saturated rings. The maximum atomic E-state index is 14.1. The van der Waals surface area contributed by atoms with Crippen LogP contribution < -0.4 is 5.32 Å². The van der Waals surface area contributed by atoms with E-state index in [-0.39, 0.29) is 24.5 Å². The van der Waals surface area contributed by atoms with E-state index in [0.717, 1.165) is 11.1 Å². The van der Waals surface area contributed by atoms with Crippen LogP contribution in [0.3, 0.4) is 0 Å². The molecule has 0 saturated carbocycles. The fourth-order valence-electron chi connectivity index (χ4n) is 5.62. The number of esters is 1. The van der Waals surface area contributed by atoms with Gasteiger partial charge in [0.2, 0.25) is 0 Å². The maximum Gasteiger partial charge on any atom is 0.410 e. The highest BCUT2D eigenvalue weighted by Crippen LogP contribution is 2.33. The summed E-state index contributed by atoms with van der Waals surface area (Å²) in [5, 5.41) is 13.1. The average Bonchev–Trinajstić information content (AvgIpc) is 3.48. The number of amides is 2. The summed E-state index contributed by atoms with van der Waals surface area (Å²) in [6.45, 7) is 13.0. The molecule has 0 aliphatic heterocycles. The molecule has 4 atom stereocenters. The van der Waals surface area contributed by atoms with Crippen LogP contribution in [0.4, 0.5) is 4.79 Å². The normalized spacial score (nSPS) is 13.9. The molecule has 0 bridgehead atoms. The number of carboxylic acid groups (broad SMARTS) is 1. The second kappa shape index (κ2) is 19.4. The highest BCUT2D eigenvalue weighted by molar-refractivity contribution is 7.12. The molecule has 0 spiro atoms. The van der Waals surface area contributed by atoms with Crippen molar-refractivity contribution in [1.82, 2.24) is 15.2 Å². The molecule has 278 valence electrons. The standard InChI is InChI=1S/C39H53N3O8S/c1-25(2)31(42(8)38(47)50-39(5,6)7)23-32(49-27(4)43)36-41-34(33(51-36)19-20-48-24-29-17-13-10-14-18-29)35(44)40-30(21-26(3)37(45)46)22-28-15-11-9-12-16-28/h9-18,25-26,30-32H,19-24H2,1-8H3,(H,40,44)(H,45,46)/t26-,30-,31+,32+/m0/s1. The van der Waals surface area contributed by atoms with E-state index in [1.165, 1.54) is 23.2 Å². The van der Waals surface area contributed by atoms with Gasteiger partial charge in [-0.2, -0.15) is 0 Å². The van der Waals surface area contributed by atoms with Gasteiger partial charge in [0, 0.05) is 43.8 Å². The summed E-state index contributed by atoms with van der Waals surface area (Å²) in [4.78, 5) is 58.3. The topological polar surface area (TPSA) is 144 Å². The molecular weight excluding hydrogens is 671 g/mol. The molecule has 0 unspecified atom stereocenters. The number of rotatable bonds is 18. The zero-order valence-corrected chi connectivity index (χ0v) is 31.8. The largest absolute Gasteiger partial charge is 0.481 e. The van der Waals surface area contributed by atoms with E-state index < -0.39 is 53.6 Å². The first-order chi connectivity index (χ1) is 24.0. The van der Waals surface area contributed by atoms with Gasteiger partial charge in [-0.25, -0.2) is 9.78 Å². The molecule has 12 heteroatoms. The predicted molar refractivity (Wildman–Crippen MR) is 196 cm³/mol. The number of carbonyl (C=O) groups is 4. The number of hydrogen-bond donors (Lipinski definition) is 2. The van der Waals surface area contributed by atoms with Crippen LogP contribution in [-0.4, -0.2) is 70.3 Å². The highest BCUT2D eigenvalue weighted by atomic mass is 32.1. The number of hydrogen-bond acceptors (Lipinski definition) is 9. The van der Waals surface area contributed by atoms with E-state index >= 15 is 0 Å². The van der Waals surface area contributed by atoms with E-state index in [9.17, 15) is 24.3 Å². The van der Waals surface area contributed by atoms with Gasteiger partial charge in [-0.1, -0.05) is 81.4 Å². The van der Waals surface area contributed by atoms with E-state index in [4.69, 9.17) is 19.2 Å². The Bertz CT molecular complexity index is 1570. The number of benzene rings is 2. The summed E-state index contributed by atoms with van der Waals surface area (Å²) in [5.74, 6) is -2.66. The van der Waals surface area contributed by atoms with Crippen LogP contribution in [0, 0.1) is 11.8 Å². The van der Waals surface area contributed by atoms with E-state index in [0.29, 0.717) is 35.9 Å². The third kappa shape index (κ3) is 13.7. The summed E-state index contributed by atoms with van der Waals surface area (Å²) in [6, 6.07) is 18.4. The number of nitrogens with one attached hydrogen (secondary N) is 1. The zero-order valence-electron chi connectivity index (χ0n) is 31.0. The minimum Gasteiger partial charge on any atom is -0.481 e.